The Kier molecular flexibility index (Phi) is 7.17. The van der Waals surface area contributed by atoms with Gasteiger partial charge in [-0.2, -0.15) is 0 Å². The predicted octanol–water partition coefficient (Wildman–Crippen LogP) is 3.66. The summed E-state index contributed by atoms with van der Waals surface area (Å²) in [6, 6.07) is 11.7. The number of esters is 1. The van der Waals surface area contributed by atoms with Gasteiger partial charge in [0.2, 0.25) is 0 Å². The summed E-state index contributed by atoms with van der Waals surface area (Å²) in [6.45, 7) is 3.06. The van der Waals surface area contributed by atoms with Crippen LogP contribution < -0.4 is 10.1 Å². The highest BCUT2D eigenvalue weighted by Gasteiger charge is 2.12. The van der Waals surface area contributed by atoms with Crippen molar-refractivity contribution in [2.75, 3.05) is 26.1 Å². The Labute approximate surface area is 153 Å². The molecule has 0 aliphatic carbocycles. The molecule has 0 aliphatic rings. The fourth-order valence-electron chi connectivity index (χ4n) is 2.37. The maximum atomic E-state index is 12.5. The monoisotopic (exact) mass is 357 g/mol. The summed E-state index contributed by atoms with van der Waals surface area (Å²) in [5, 5.41) is 2.80. The van der Waals surface area contributed by atoms with Crippen LogP contribution >= 0.6 is 0 Å². The molecule has 26 heavy (non-hydrogen) atoms. The van der Waals surface area contributed by atoms with Crippen LogP contribution in [0.1, 0.15) is 39.6 Å². The van der Waals surface area contributed by atoms with Crippen molar-refractivity contribution in [1.29, 1.82) is 0 Å². The molecule has 2 aromatic carbocycles. The third-order valence-corrected chi connectivity index (χ3v) is 3.71. The van der Waals surface area contributed by atoms with E-state index in [1.807, 2.05) is 6.92 Å². The van der Waals surface area contributed by atoms with Gasteiger partial charge in [0.15, 0.2) is 0 Å². The molecule has 0 radical (unpaired) electrons. The first kappa shape index (κ1) is 19.5. The fraction of sp³-hybridized carbons (Fsp3) is 0.300. The Balaban J connectivity index is 2.11. The highest BCUT2D eigenvalue weighted by molar-refractivity contribution is 6.04. The lowest BCUT2D eigenvalue weighted by Gasteiger charge is -2.12. The van der Waals surface area contributed by atoms with Gasteiger partial charge in [0.05, 0.1) is 26.4 Å². The molecule has 6 nitrogen and oxygen atoms in total. The Morgan fingerprint density at radius 1 is 1.00 bits per heavy atom. The summed E-state index contributed by atoms with van der Waals surface area (Å²) in [6.07, 6.45) is 0.921. The molecule has 0 aromatic heterocycles. The molecule has 0 fully saturated rings. The zero-order valence-corrected chi connectivity index (χ0v) is 15.2. The number of carbonyl (C=O) groups is 2. The van der Waals surface area contributed by atoms with Crippen molar-refractivity contribution in [3.05, 3.63) is 59.2 Å². The van der Waals surface area contributed by atoms with E-state index in [1.165, 1.54) is 7.11 Å². The smallest absolute Gasteiger partial charge is 0.337 e. The largest absolute Gasteiger partial charge is 0.496 e. The summed E-state index contributed by atoms with van der Waals surface area (Å²) in [7, 11) is 2.91. The van der Waals surface area contributed by atoms with Crippen molar-refractivity contribution in [2.45, 2.75) is 20.0 Å². The normalized spacial score (nSPS) is 10.3. The minimum absolute atomic E-state index is 0.254. The fourth-order valence-corrected chi connectivity index (χ4v) is 2.37. The molecule has 0 heterocycles. The lowest BCUT2D eigenvalue weighted by Crippen LogP contribution is -2.13. The Bertz CT molecular complexity index is 755. The highest BCUT2D eigenvalue weighted by Crippen LogP contribution is 2.22. The molecule has 6 heteroatoms. The zero-order chi connectivity index (χ0) is 18.9. The summed E-state index contributed by atoms with van der Waals surface area (Å²) in [4.78, 5) is 23.9. The molecule has 0 saturated heterocycles. The van der Waals surface area contributed by atoms with Gasteiger partial charge in [-0.25, -0.2) is 4.79 Å². The first-order valence-corrected chi connectivity index (χ1v) is 8.33. The second kappa shape index (κ2) is 9.58. The molecular weight excluding hydrogens is 334 g/mol. The topological polar surface area (TPSA) is 73.9 Å². The molecule has 0 aliphatic heterocycles. The van der Waals surface area contributed by atoms with Crippen LogP contribution in [0.15, 0.2) is 42.5 Å². The van der Waals surface area contributed by atoms with Crippen LogP contribution in [0.3, 0.4) is 0 Å². The van der Waals surface area contributed by atoms with E-state index in [-0.39, 0.29) is 5.91 Å². The quantitative estimate of drug-likeness (QED) is 0.576. The van der Waals surface area contributed by atoms with Crippen LogP contribution in [0.4, 0.5) is 5.69 Å². The number of amides is 1. The average molecular weight is 357 g/mol. The van der Waals surface area contributed by atoms with Gasteiger partial charge in [-0.05, 0) is 48.9 Å². The summed E-state index contributed by atoms with van der Waals surface area (Å²) in [5.41, 5.74) is 2.32. The van der Waals surface area contributed by atoms with Gasteiger partial charge in [0.1, 0.15) is 5.75 Å². The van der Waals surface area contributed by atoms with E-state index in [4.69, 9.17) is 9.47 Å². The van der Waals surface area contributed by atoms with Crippen LogP contribution in [-0.2, 0) is 16.1 Å². The van der Waals surface area contributed by atoms with E-state index in [0.29, 0.717) is 35.8 Å². The molecule has 0 atom stereocenters. The molecule has 0 bridgehead atoms. The van der Waals surface area contributed by atoms with Gasteiger partial charge in [0.25, 0.3) is 5.91 Å². The van der Waals surface area contributed by atoms with Crippen molar-refractivity contribution in [3.63, 3.8) is 0 Å². The van der Waals surface area contributed by atoms with Crippen molar-refractivity contribution < 1.29 is 23.8 Å². The molecule has 0 spiro atoms. The summed E-state index contributed by atoms with van der Waals surface area (Å²) >= 11 is 0. The number of methoxy groups -OCH3 is 2. The number of carbonyl (C=O) groups excluding carboxylic acids is 2. The van der Waals surface area contributed by atoms with E-state index in [0.717, 1.165) is 12.0 Å². The molecule has 2 rings (SSSR count). The number of anilines is 1. The van der Waals surface area contributed by atoms with E-state index >= 15 is 0 Å². The molecular formula is C20H23NO5. The molecule has 0 saturated carbocycles. The van der Waals surface area contributed by atoms with E-state index in [9.17, 15) is 9.59 Å². The maximum Gasteiger partial charge on any atom is 0.337 e. The van der Waals surface area contributed by atoms with E-state index in [1.54, 1.807) is 49.6 Å². The second-order valence-corrected chi connectivity index (χ2v) is 5.60. The predicted molar refractivity (Wildman–Crippen MR) is 98.7 cm³/mol. The SMILES string of the molecule is CCCOCc1cc(C(=O)Nc2ccc(C(=O)OC)cc2)ccc1OC. The zero-order valence-electron chi connectivity index (χ0n) is 15.2. The third-order valence-electron chi connectivity index (χ3n) is 3.71. The highest BCUT2D eigenvalue weighted by atomic mass is 16.5. The van der Waals surface area contributed by atoms with Gasteiger partial charge >= 0.3 is 5.97 Å². The van der Waals surface area contributed by atoms with Crippen LogP contribution in [-0.4, -0.2) is 32.7 Å². The number of ether oxygens (including phenoxy) is 3. The van der Waals surface area contributed by atoms with Crippen molar-refractivity contribution >= 4 is 17.6 Å². The van der Waals surface area contributed by atoms with Crippen molar-refractivity contribution in [2.24, 2.45) is 0 Å². The minimum Gasteiger partial charge on any atom is -0.496 e. The number of hydrogen-bond acceptors (Lipinski definition) is 5. The van der Waals surface area contributed by atoms with Crippen LogP contribution in [0.5, 0.6) is 5.75 Å². The molecule has 1 amide bonds. The van der Waals surface area contributed by atoms with Crippen LogP contribution in [0.25, 0.3) is 0 Å². The first-order chi connectivity index (χ1) is 12.6. The standard InChI is InChI=1S/C20H23NO5/c1-4-11-26-13-16-12-15(7-10-18(16)24-2)19(22)21-17-8-5-14(6-9-17)20(23)25-3/h5-10,12H,4,11,13H2,1-3H3,(H,21,22). The molecule has 138 valence electrons. The molecule has 2 aromatic rings. The van der Waals surface area contributed by atoms with Crippen molar-refractivity contribution in [1.82, 2.24) is 0 Å². The van der Waals surface area contributed by atoms with E-state index in [2.05, 4.69) is 10.1 Å². The van der Waals surface area contributed by atoms with Gasteiger partial charge < -0.3 is 19.5 Å². The Morgan fingerprint density at radius 3 is 2.31 bits per heavy atom. The second-order valence-electron chi connectivity index (χ2n) is 5.60. The number of hydrogen-bond donors (Lipinski definition) is 1. The van der Waals surface area contributed by atoms with Gasteiger partial charge in [0, 0.05) is 23.4 Å². The number of rotatable bonds is 8. The van der Waals surface area contributed by atoms with Crippen LogP contribution in [0, 0.1) is 0 Å². The number of nitrogens with one attached hydrogen (secondary N) is 1. The van der Waals surface area contributed by atoms with Gasteiger partial charge in [-0.15, -0.1) is 0 Å². The lowest BCUT2D eigenvalue weighted by molar-refractivity contribution is 0.0600. The average Bonchev–Trinajstić information content (AvgIpc) is 2.68. The third kappa shape index (κ3) is 5.07. The molecule has 1 N–H and O–H groups in total. The minimum atomic E-state index is -0.422. The maximum absolute atomic E-state index is 12.5. The van der Waals surface area contributed by atoms with Gasteiger partial charge in [-0.1, -0.05) is 6.92 Å². The van der Waals surface area contributed by atoms with Crippen LogP contribution in [0.2, 0.25) is 0 Å². The van der Waals surface area contributed by atoms with Gasteiger partial charge in [-0.3, -0.25) is 4.79 Å². The van der Waals surface area contributed by atoms with E-state index < -0.39 is 5.97 Å². The summed E-state index contributed by atoms with van der Waals surface area (Å²) in [5.74, 6) is 0.00467. The first-order valence-electron chi connectivity index (χ1n) is 8.33. The number of benzene rings is 2. The lowest BCUT2D eigenvalue weighted by atomic mass is 10.1. The molecule has 0 unspecified atom stereocenters. The van der Waals surface area contributed by atoms with Crippen molar-refractivity contribution in [3.8, 4) is 5.75 Å². The Hall–Kier alpha value is -2.86. The summed E-state index contributed by atoms with van der Waals surface area (Å²) < 4.78 is 15.5. The Morgan fingerprint density at radius 2 is 1.69 bits per heavy atom.